The SMILES string of the molecule is CCOC(=O)c1[nH]c2ccccc2c(=O)c1CN1CCN(c2ccccc2)CC1. The summed E-state index contributed by atoms with van der Waals surface area (Å²) < 4.78 is 5.20. The lowest BCUT2D eigenvalue weighted by Crippen LogP contribution is -2.46. The molecule has 150 valence electrons. The molecule has 1 N–H and O–H groups in total. The molecule has 0 radical (unpaired) electrons. The molecule has 4 rings (SSSR count). The maximum Gasteiger partial charge on any atom is 0.355 e. The number of carbonyl (C=O) groups is 1. The van der Waals surface area contributed by atoms with Crippen molar-refractivity contribution < 1.29 is 9.53 Å². The average Bonchev–Trinajstić information content (AvgIpc) is 2.77. The van der Waals surface area contributed by atoms with Gasteiger partial charge in [0.1, 0.15) is 5.69 Å². The summed E-state index contributed by atoms with van der Waals surface area (Å²) in [4.78, 5) is 33.4. The number of piperazine rings is 1. The number of aromatic nitrogens is 1. The van der Waals surface area contributed by atoms with Crippen LogP contribution in [0.1, 0.15) is 23.0 Å². The predicted molar refractivity (Wildman–Crippen MR) is 114 cm³/mol. The molecular formula is C23H25N3O3. The number of hydrogen-bond acceptors (Lipinski definition) is 5. The first kappa shape index (κ1) is 19.2. The molecule has 2 heterocycles. The quantitative estimate of drug-likeness (QED) is 0.678. The van der Waals surface area contributed by atoms with Gasteiger partial charge in [-0.15, -0.1) is 0 Å². The molecule has 0 atom stereocenters. The molecule has 0 saturated carbocycles. The number of anilines is 1. The molecule has 1 saturated heterocycles. The maximum absolute atomic E-state index is 13.2. The number of ether oxygens (including phenoxy) is 1. The van der Waals surface area contributed by atoms with Crippen molar-refractivity contribution in [2.24, 2.45) is 0 Å². The fourth-order valence-electron chi connectivity index (χ4n) is 3.83. The van der Waals surface area contributed by atoms with Gasteiger partial charge < -0.3 is 14.6 Å². The van der Waals surface area contributed by atoms with Gasteiger partial charge in [0, 0.05) is 54.9 Å². The van der Waals surface area contributed by atoms with Gasteiger partial charge in [0.25, 0.3) is 0 Å². The van der Waals surface area contributed by atoms with Crippen LogP contribution in [0, 0.1) is 0 Å². The monoisotopic (exact) mass is 391 g/mol. The predicted octanol–water partition coefficient (Wildman–Crippen LogP) is 3.03. The Morgan fingerprint density at radius 2 is 1.69 bits per heavy atom. The lowest BCUT2D eigenvalue weighted by atomic mass is 10.1. The molecule has 1 aliphatic heterocycles. The van der Waals surface area contributed by atoms with Crippen molar-refractivity contribution in [1.82, 2.24) is 9.88 Å². The molecule has 6 nitrogen and oxygen atoms in total. The van der Waals surface area contributed by atoms with Crippen molar-refractivity contribution in [3.8, 4) is 0 Å². The van der Waals surface area contributed by atoms with Gasteiger partial charge in [0.05, 0.1) is 6.61 Å². The summed E-state index contributed by atoms with van der Waals surface area (Å²) in [5.74, 6) is -0.478. The Morgan fingerprint density at radius 1 is 1.00 bits per heavy atom. The van der Waals surface area contributed by atoms with Crippen LogP contribution in [0.2, 0.25) is 0 Å². The number of rotatable bonds is 5. The Kier molecular flexibility index (Phi) is 5.62. The highest BCUT2D eigenvalue weighted by Crippen LogP contribution is 2.18. The van der Waals surface area contributed by atoms with Crippen molar-refractivity contribution in [2.75, 3.05) is 37.7 Å². The molecule has 0 aliphatic carbocycles. The largest absolute Gasteiger partial charge is 0.461 e. The lowest BCUT2D eigenvalue weighted by Gasteiger charge is -2.36. The number of pyridine rings is 1. The second kappa shape index (κ2) is 8.49. The van der Waals surface area contributed by atoms with Gasteiger partial charge in [-0.3, -0.25) is 9.69 Å². The highest BCUT2D eigenvalue weighted by molar-refractivity contribution is 5.92. The van der Waals surface area contributed by atoms with Crippen LogP contribution in [0.15, 0.2) is 59.4 Å². The summed E-state index contributed by atoms with van der Waals surface area (Å²) in [5.41, 5.74) is 2.50. The highest BCUT2D eigenvalue weighted by atomic mass is 16.5. The van der Waals surface area contributed by atoms with E-state index in [-0.39, 0.29) is 17.7 Å². The summed E-state index contributed by atoms with van der Waals surface area (Å²) in [7, 11) is 0. The van der Waals surface area contributed by atoms with Gasteiger partial charge in [-0.25, -0.2) is 4.79 Å². The third-order valence-electron chi connectivity index (χ3n) is 5.36. The van der Waals surface area contributed by atoms with E-state index in [0.717, 1.165) is 26.2 Å². The second-order valence-electron chi connectivity index (χ2n) is 7.17. The van der Waals surface area contributed by atoms with Crippen LogP contribution in [-0.2, 0) is 11.3 Å². The maximum atomic E-state index is 13.2. The smallest absolute Gasteiger partial charge is 0.355 e. The molecule has 3 aromatic rings. The molecule has 1 fully saturated rings. The van der Waals surface area contributed by atoms with Gasteiger partial charge in [-0.1, -0.05) is 30.3 Å². The summed E-state index contributed by atoms with van der Waals surface area (Å²) in [5, 5.41) is 0.596. The third kappa shape index (κ3) is 4.03. The van der Waals surface area contributed by atoms with Gasteiger partial charge >= 0.3 is 5.97 Å². The molecule has 0 amide bonds. The van der Waals surface area contributed by atoms with E-state index in [1.807, 2.05) is 36.4 Å². The zero-order valence-electron chi connectivity index (χ0n) is 16.6. The number of esters is 1. The van der Waals surface area contributed by atoms with Crippen molar-refractivity contribution in [3.05, 3.63) is 76.1 Å². The van der Waals surface area contributed by atoms with Crippen LogP contribution in [-0.4, -0.2) is 48.6 Å². The minimum atomic E-state index is -0.478. The van der Waals surface area contributed by atoms with Crippen LogP contribution >= 0.6 is 0 Å². The van der Waals surface area contributed by atoms with Gasteiger partial charge in [-0.2, -0.15) is 0 Å². The number of H-pyrrole nitrogens is 1. The molecule has 2 aromatic carbocycles. The lowest BCUT2D eigenvalue weighted by molar-refractivity contribution is 0.0517. The Hall–Kier alpha value is -3.12. The van der Waals surface area contributed by atoms with E-state index in [0.29, 0.717) is 23.0 Å². The topological polar surface area (TPSA) is 65.6 Å². The number of hydrogen-bond donors (Lipinski definition) is 1. The summed E-state index contributed by atoms with van der Waals surface area (Å²) in [6.45, 7) is 5.86. The molecule has 1 aromatic heterocycles. The van der Waals surface area contributed by atoms with Crippen LogP contribution in [0.4, 0.5) is 5.69 Å². The molecular weight excluding hydrogens is 366 g/mol. The number of benzene rings is 2. The van der Waals surface area contributed by atoms with Crippen LogP contribution < -0.4 is 10.3 Å². The number of carbonyl (C=O) groups excluding carboxylic acids is 1. The fraction of sp³-hybridized carbons (Fsp3) is 0.304. The Bertz CT molecular complexity index is 1050. The summed E-state index contributed by atoms with van der Waals surface area (Å²) >= 11 is 0. The summed E-state index contributed by atoms with van der Waals surface area (Å²) in [6.07, 6.45) is 0. The van der Waals surface area contributed by atoms with Crippen molar-refractivity contribution in [2.45, 2.75) is 13.5 Å². The van der Waals surface area contributed by atoms with Crippen LogP contribution in [0.25, 0.3) is 10.9 Å². The minimum absolute atomic E-state index is 0.104. The fourth-order valence-corrected chi connectivity index (χ4v) is 3.83. The Balaban J connectivity index is 1.59. The van der Waals surface area contributed by atoms with E-state index in [2.05, 4.69) is 26.9 Å². The molecule has 0 bridgehead atoms. The first-order chi connectivity index (χ1) is 14.2. The van der Waals surface area contributed by atoms with Crippen LogP contribution in [0.3, 0.4) is 0 Å². The van der Waals surface area contributed by atoms with E-state index >= 15 is 0 Å². The average molecular weight is 391 g/mol. The van der Waals surface area contributed by atoms with Gasteiger partial charge in [-0.05, 0) is 31.2 Å². The molecule has 29 heavy (non-hydrogen) atoms. The van der Waals surface area contributed by atoms with Crippen molar-refractivity contribution >= 4 is 22.6 Å². The normalized spacial score (nSPS) is 14.9. The number of nitrogens with zero attached hydrogens (tertiary/aromatic N) is 2. The van der Waals surface area contributed by atoms with E-state index in [4.69, 9.17) is 4.74 Å². The second-order valence-corrected chi connectivity index (χ2v) is 7.17. The highest BCUT2D eigenvalue weighted by Gasteiger charge is 2.23. The van der Waals surface area contributed by atoms with E-state index in [1.165, 1.54) is 5.69 Å². The molecule has 0 unspecified atom stereocenters. The summed E-state index contributed by atoms with van der Waals surface area (Å²) in [6, 6.07) is 17.6. The number of aromatic amines is 1. The number of fused-ring (bicyclic) bond motifs is 1. The first-order valence-electron chi connectivity index (χ1n) is 10.0. The molecule has 1 aliphatic rings. The van der Waals surface area contributed by atoms with E-state index in [9.17, 15) is 9.59 Å². The minimum Gasteiger partial charge on any atom is -0.461 e. The van der Waals surface area contributed by atoms with E-state index < -0.39 is 5.97 Å². The van der Waals surface area contributed by atoms with Gasteiger partial charge in [0.2, 0.25) is 0 Å². The molecule has 6 heteroatoms. The Morgan fingerprint density at radius 3 is 2.41 bits per heavy atom. The zero-order valence-corrected chi connectivity index (χ0v) is 16.6. The zero-order chi connectivity index (χ0) is 20.2. The third-order valence-corrected chi connectivity index (χ3v) is 5.36. The van der Waals surface area contributed by atoms with E-state index in [1.54, 1.807) is 13.0 Å². The number of nitrogens with one attached hydrogen (secondary N) is 1. The molecule has 0 spiro atoms. The standard InChI is InChI=1S/C23H25N3O3/c1-2-29-23(28)21-19(22(27)18-10-6-7-11-20(18)24-21)16-25-12-14-26(15-13-25)17-8-4-3-5-9-17/h3-11H,2,12-16H2,1H3,(H,24,27). The van der Waals surface area contributed by atoms with Crippen LogP contribution in [0.5, 0.6) is 0 Å². The first-order valence-corrected chi connectivity index (χ1v) is 10.0. The number of para-hydroxylation sites is 2. The Labute approximate surface area is 169 Å². The van der Waals surface area contributed by atoms with Crippen molar-refractivity contribution in [3.63, 3.8) is 0 Å². The van der Waals surface area contributed by atoms with Crippen molar-refractivity contribution in [1.29, 1.82) is 0 Å². The van der Waals surface area contributed by atoms with Gasteiger partial charge in [0.15, 0.2) is 5.43 Å².